The fourth-order valence-electron chi connectivity index (χ4n) is 4.25. The minimum absolute atomic E-state index is 0.0162. The number of nitrogens with one attached hydrogen (secondary N) is 1. The van der Waals surface area contributed by atoms with Gasteiger partial charge in [-0.1, -0.05) is 74.5 Å². The summed E-state index contributed by atoms with van der Waals surface area (Å²) in [5, 5.41) is 3.25. The van der Waals surface area contributed by atoms with Crippen LogP contribution < -0.4 is 10.1 Å². The van der Waals surface area contributed by atoms with Crippen LogP contribution in [0.4, 0.5) is 0 Å². The van der Waals surface area contributed by atoms with Crippen LogP contribution >= 0.6 is 0 Å². The summed E-state index contributed by atoms with van der Waals surface area (Å²) in [6.07, 6.45) is 1.73. The Morgan fingerprint density at radius 2 is 1.67 bits per heavy atom. The van der Waals surface area contributed by atoms with Gasteiger partial charge in [0.1, 0.15) is 5.75 Å². The summed E-state index contributed by atoms with van der Waals surface area (Å²) in [6, 6.07) is 24.4. The van der Waals surface area contributed by atoms with E-state index < -0.39 is 0 Å². The molecule has 0 heterocycles. The Morgan fingerprint density at radius 1 is 0.939 bits per heavy atom. The Morgan fingerprint density at radius 3 is 2.33 bits per heavy atom. The number of likely N-dealkylation sites (N-methyl/N-ethyl adjacent to an activating group) is 1. The highest BCUT2D eigenvalue weighted by Gasteiger charge is 2.17. The van der Waals surface area contributed by atoms with Crippen LogP contribution in [0.25, 0.3) is 11.1 Å². The van der Waals surface area contributed by atoms with Gasteiger partial charge in [0.15, 0.2) is 0 Å². The number of methoxy groups -OCH3 is 1. The van der Waals surface area contributed by atoms with Crippen LogP contribution in [0.5, 0.6) is 5.75 Å². The molecular weight excluding hydrogens is 408 g/mol. The number of benzene rings is 3. The minimum Gasteiger partial charge on any atom is -0.496 e. The van der Waals surface area contributed by atoms with Gasteiger partial charge in [-0.3, -0.25) is 4.79 Å². The molecule has 0 saturated heterocycles. The van der Waals surface area contributed by atoms with Crippen molar-refractivity contribution in [1.82, 2.24) is 10.2 Å². The van der Waals surface area contributed by atoms with Crippen molar-refractivity contribution < 1.29 is 9.53 Å². The number of carbonyl (C=O) groups is 1. The van der Waals surface area contributed by atoms with Crippen molar-refractivity contribution in [2.45, 2.75) is 32.7 Å². The van der Waals surface area contributed by atoms with Crippen LogP contribution in [0.1, 0.15) is 35.3 Å². The van der Waals surface area contributed by atoms with Crippen molar-refractivity contribution >= 4 is 5.91 Å². The second-order valence-corrected chi connectivity index (χ2v) is 9.30. The van der Waals surface area contributed by atoms with E-state index in [1.54, 1.807) is 7.11 Å². The molecule has 4 heteroatoms. The summed E-state index contributed by atoms with van der Waals surface area (Å²) in [6.45, 7) is 5.18. The Balaban J connectivity index is 1.84. The highest BCUT2D eigenvalue weighted by Crippen LogP contribution is 2.34. The van der Waals surface area contributed by atoms with Crippen molar-refractivity contribution in [3.05, 3.63) is 89.5 Å². The number of ether oxygens (including phenoxy) is 1. The van der Waals surface area contributed by atoms with E-state index in [0.29, 0.717) is 11.5 Å². The fraction of sp³-hybridized carbons (Fsp3) is 0.345. The summed E-state index contributed by atoms with van der Waals surface area (Å²) in [5.41, 5.74) is 5.05. The van der Waals surface area contributed by atoms with E-state index in [1.165, 1.54) is 11.1 Å². The molecule has 0 spiro atoms. The monoisotopic (exact) mass is 444 g/mol. The second kappa shape index (κ2) is 11.7. The molecule has 3 aromatic carbocycles. The molecule has 3 rings (SSSR count). The molecule has 1 amide bonds. The van der Waals surface area contributed by atoms with Crippen LogP contribution in [0, 0.1) is 5.92 Å². The molecular formula is C29H36N2O2. The molecule has 0 aliphatic rings. The van der Waals surface area contributed by atoms with Gasteiger partial charge in [-0.15, -0.1) is 0 Å². The number of para-hydroxylation sites is 1. The summed E-state index contributed by atoms with van der Waals surface area (Å²) >= 11 is 0. The largest absolute Gasteiger partial charge is 0.496 e. The Labute approximate surface area is 198 Å². The van der Waals surface area contributed by atoms with Crippen molar-refractivity contribution in [3.8, 4) is 16.9 Å². The van der Waals surface area contributed by atoms with Gasteiger partial charge < -0.3 is 15.0 Å². The van der Waals surface area contributed by atoms with Crippen molar-refractivity contribution in [1.29, 1.82) is 0 Å². The van der Waals surface area contributed by atoms with Crippen molar-refractivity contribution in [2.24, 2.45) is 5.92 Å². The zero-order chi connectivity index (χ0) is 23.8. The number of hydrogen-bond donors (Lipinski definition) is 1. The van der Waals surface area contributed by atoms with E-state index in [1.807, 2.05) is 56.6 Å². The zero-order valence-corrected chi connectivity index (χ0v) is 20.5. The average molecular weight is 445 g/mol. The third-order valence-electron chi connectivity index (χ3n) is 5.61. The summed E-state index contributed by atoms with van der Waals surface area (Å²) < 4.78 is 5.80. The summed E-state index contributed by atoms with van der Waals surface area (Å²) in [7, 11) is 5.77. The minimum atomic E-state index is -0.0584. The lowest BCUT2D eigenvalue weighted by atomic mass is 9.95. The van der Waals surface area contributed by atoms with Crippen LogP contribution in [0.3, 0.4) is 0 Å². The zero-order valence-electron chi connectivity index (χ0n) is 20.5. The number of nitrogens with zero attached hydrogens (tertiary/aromatic N) is 1. The molecule has 0 aromatic heterocycles. The highest BCUT2D eigenvalue weighted by molar-refractivity contribution is 5.96. The lowest BCUT2D eigenvalue weighted by Crippen LogP contribution is -2.43. The number of rotatable bonds is 10. The third-order valence-corrected chi connectivity index (χ3v) is 5.61. The Bertz CT molecular complexity index is 1040. The summed E-state index contributed by atoms with van der Waals surface area (Å²) in [5.74, 6) is 1.36. The van der Waals surface area contributed by atoms with Gasteiger partial charge in [-0.25, -0.2) is 0 Å². The molecule has 1 atom stereocenters. The van der Waals surface area contributed by atoms with E-state index in [0.717, 1.165) is 36.3 Å². The molecule has 33 heavy (non-hydrogen) atoms. The second-order valence-electron chi connectivity index (χ2n) is 9.30. The molecule has 0 bridgehead atoms. The summed E-state index contributed by atoms with van der Waals surface area (Å²) in [4.78, 5) is 15.3. The van der Waals surface area contributed by atoms with Crippen LogP contribution in [-0.2, 0) is 12.8 Å². The molecule has 0 saturated carbocycles. The van der Waals surface area contributed by atoms with Crippen molar-refractivity contribution in [3.63, 3.8) is 0 Å². The Hall–Kier alpha value is -3.11. The number of amides is 1. The first-order valence-corrected chi connectivity index (χ1v) is 11.6. The van der Waals surface area contributed by atoms with Gasteiger partial charge in [-0.2, -0.15) is 0 Å². The van der Waals surface area contributed by atoms with E-state index in [4.69, 9.17) is 4.74 Å². The maximum Gasteiger partial charge on any atom is 0.251 e. The first-order chi connectivity index (χ1) is 15.9. The highest BCUT2D eigenvalue weighted by atomic mass is 16.5. The maximum absolute atomic E-state index is 13.2. The predicted octanol–water partition coefficient (Wildman–Crippen LogP) is 5.46. The molecule has 3 aromatic rings. The molecule has 0 aliphatic carbocycles. The van der Waals surface area contributed by atoms with Gasteiger partial charge in [-0.05, 0) is 61.7 Å². The Kier molecular flexibility index (Phi) is 8.67. The van der Waals surface area contributed by atoms with Gasteiger partial charge in [0.2, 0.25) is 0 Å². The van der Waals surface area contributed by atoms with E-state index in [9.17, 15) is 4.79 Å². The first-order valence-electron chi connectivity index (χ1n) is 11.6. The normalized spacial score (nSPS) is 12.1. The number of carbonyl (C=O) groups excluding carboxylic acids is 1. The molecule has 174 valence electrons. The molecule has 0 aliphatic heterocycles. The van der Waals surface area contributed by atoms with E-state index in [-0.39, 0.29) is 11.9 Å². The van der Waals surface area contributed by atoms with E-state index >= 15 is 0 Å². The predicted molar refractivity (Wildman–Crippen MR) is 137 cm³/mol. The lowest BCUT2D eigenvalue weighted by Gasteiger charge is -2.23. The SMILES string of the molecule is COc1c(CC(C)C)cccc1-c1cccc(C(=O)N[C@@H](Cc2ccccc2)CN(C)C)c1. The lowest BCUT2D eigenvalue weighted by molar-refractivity contribution is 0.0930. The van der Waals surface area contributed by atoms with Gasteiger partial charge in [0, 0.05) is 23.7 Å². The van der Waals surface area contributed by atoms with Gasteiger partial charge in [0.05, 0.1) is 7.11 Å². The molecule has 0 fully saturated rings. The van der Waals surface area contributed by atoms with Crippen molar-refractivity contribution in [2.75, 3.05) is 27.7 Å². The first kappa shape index (κ1) is 24.5. The maximum atomic E-state index is 13.2. The standard InChI is InChI=1S/C29H36N2O2/c1-21(2)17-24-14-10-16-27(28(24)33-5)23-13-9-15-25(19-23)29(32)30-26(20-31(3)4)18-22-11-7-6-8-12-22/h6-16,19,21,26H,17-18,20H2,1-5H3,(H,30,32)/t26-/m0/s1. The average Bonchev–Trinajstić information content (AvgIpc) is 2.79. The third kappa shape index (κ3) is 6.93. The number of hydrogen-bond acceptors (Lipinski definition) is 3. The molecule has 4 nitrogen and oxygen atoms in total. The molecule has 0 unspecified atom stereocenters. The molecule has 0 radical (unpaired) electrons. The topological polar surface area (TPSA) is 41.6 Å². The fourth-order valence-corrected chi connectivity index (χ4v) is 4.25. The smallest absolute Gasteiger partial charge is 0.251 e. The molecule has 1 N–H and O–H groups in total. The van der Waals surface area contributed by atoms with Crippen LogP contribution in [-0.4, -0.2) is 44.6 Å². The van der Waals surface area contributed by atoms with Crippen LogP contribution in [0.15, 0.2) is 72.8 Å². The van der Waals surface area contributed by atoms with Gasteiger partial charge >= 0.3 is 0 Å². The quantitative estimate of drug-likeness (QED) is 0.451. The van der Waals surface area contributed by atoms with E-state index in [2.05, 4.69) is 54.4 Å². The van der Waals surface area contributed by atoms with Crippen LogP contribution in [0.2, 0.25) is 0 Å². The van der Waals surface area contributed by atoms with Gasteiger partial charge in [0.25, 0.3) is 5.91 Å².